The Balaban J connectivity index is 1.88. The van der Waals surface area contributed by atoms with Gasteiger partial charge in [-0.25, -0.2) is 9.59 Å². The summed E-state index contributed by atoms with van der Waals surface area (Å²) in [5.41, 5.74) is 1.78. The molecule has 0 bridgehead atoms. The van der Waals surface area contributed by atoms with Gasteiger partial charge < -0.3 is 20.1 Å². The molecule has 1 unspecified atom stereocenters. The maximum atomic E-state index is 12.5. The van der Waals surface area contributed by atoms with Gasteiger partial charge in [0.1, 0.15) is 11.5 Å². The van der Waals surface area contributed by atoms with Crippen LogP contribution in [0.5, 0.6) is 11.5 Å². The fourth-order valence-electron chi connectivity index (χ4n) is 2.95. The number of hydrogen-bond donors (Lipinski definition) is 2. The highest BCUT2D eigenvalue weighted by Gasteiger charge is 2.32. The molecule has 0 aliphatic carbocycles. The number of benzene rings is 2. The summed E-state index contributed by atoms with van der Waals surface area (Å²) in [4.78, 5) is 24.5. The van der Waals surface area contributed by atoms with Crippen molar-refractivity contribution in [2.24, 2.45) is 0 Å². The number of para-hydroxylation sites is 1. The highest BCUT2D eigenvalue weighted by atomic mass is 16.5. The summed E-state index contributed by atoms with van der Waals surface area (Å²) < 4.78 is 11.0. The molecule has 27 heavy (non-hydrogen) atoms. The summed E-state index contributed by atoms with van der Waals surface area (Å²) >= 11 is 0. The smallest absolute Gasteiger partial charge is 0.338 e. The lowest BCUT2D eigenvalue weighted by Crippen LogP contribution is -2.45. The number of allylic oxidation sites excluding steroid dienone is 1. The minimum atomic E-state index is -0.571. The fraction of sp³-hybridized carbons (Fsp3) is 0.238. The van der Waals surface area contributed by atoms with Gasteiger partial charge in [-0.15, -0.1) is 0 Å². The topological polar surface area (TPSA) is 76.7 Å². The van der Waals surface area contributed by atoms with E-state index in [1.807, 2.05) is 61.5 Å². The van der Waals surface area contributed by atoms with Crippen LogP contribution < -0.4 is 15.4 Å². The largest absolute Gasteiger partial charge is 0.463 e. The van der Waals surface area contributed by atoms with Gasteiger partial charge in [0, 0.05) is 5.70 Å². The van der Waals surface area contributed by atoms with Gasteiger partial charge in [-0.1, -0.05) is 37.3 Å². The van der Waals surface area contributed by atoms with E-state index in [2.05, 4.69) is 10.6 Å². The Hall–Kier alpha value is -3.28. The molecule has 1 heterocycles. The molecule has 2 N–H and O–H groups in total. The Morgan fingerprint density at radius 3 is 2.30 bits per heavy atom. The number of urea groups is 1. The van der Waals surface area contributed by atoms with Crippen LogP contribution in [0, 0.1) is 0 Å². The zero-order chi connectivity index (χ0) is 19.2. The van der Waals surface area contributed by atoms with Crippen molar-refractivity contribution in [1.82, 2.24) is 10.6 Å². The van der Waals surface area contributed by atoms with Crippen molar-refractivity contribution in [2.45, 2.75) is 26.3 Å². The minimum absolute atomic E-state index is 0.268. The van der Waals surface area contributed by atoms with E-state index in [1.165, 1.54) is 0 Å². The van der Waals surface area contributed by atoms with Crippen LogP contribution in [0.3, 0.4) is 0 Å². The first-order valence-electron chi connectivity index (χ1n) is 8.93. The van der Waals surface area contributed by atoms with Crippen molar-refractivity contribution in [3.8, 4) is 11.5 Å². The van der Waals surface area contributed by atoms with E-state index in [-0.39, 0.29) is 12.6 Å². The molecule has 1 aliphatic heterocycles. The predicted molar refractivity (Wildman–Crippen MR) is 101 cm³/mol. The van der Waals surface area contributed by atoms with Crippen molar-refractivity contribution in [3.05, 3.63) is 71.4 Å². The third kappa shape index (κ3) is 4.28. The lowest BCUT2D eigenvalue weighted by Gasteiger charge is -2.29. The average molecular weight is 366 g/mol. The summed E-state index contributed by atoms with van der Waals surface area (Å²) in [6, 6.07) is 15.8. The molecule has 2 aromatic carbocycles. The van der Waals surface area contributed by atoms with E-state index in [0.29, 0.717) is 23.4 Å². The Kier molecular flexibility index (Phi) is 5.76. The first kappa shape index (κ1) is 18.5. The predicted octanol–water partition coefficient (Wildman–Crippen LogP) is 4.06. The Bertz CT molecular complexity index is 844. The third-order valence-electron chi connectivity index (χ3n) is 4.19. The fourth-order valence-corrected chi connectivity index (χ4v) is 2.95. The molecule has 0 fully saturated rings. The number of esters is 1. The van der Waals surface area contributed by atoms with Gasteiger partial charge in [0.05, 0.1) is 18.2 Å². The van der Waals surface area contributed by atoms with E-state index >= 15 is 0 Å². The van der Waals surface area contributed by atoms with Crippen molar-refractivity contribution in [1.29, 1.82) is 0 Å². The third-order valence-corrected chi connectivity index (χ3v) is 4.19. The number of amides is 2. The molecule has 3 rings (SSSR count). The van der Waals surface area contributed by atoms with Crippen molar-refractivity contribution >= 4 is 12.0 Å². The van der Waals surface area contributed by atoms with Gasteiger partial charge in [0.15, 0.2) is 0 Å². The maximum absolute atomic E-state index is 12.5. The van der Waals surface area contributed by atoms with Crippen molar-refractivity contribution in [3.63, 3.8) is 0 Å². The van der Waals surface area contributed by atoms with Crippen LogP contribution >= 0.6 is 0 Å². The number of nitrogens with one attached hydrogen (secondary N) is 2. The number of hydrogen-bond acceptors (Lipinski definition) is 4. The van der Waals surface area contributed by atoms with Gasteiger partial charge >= 0.3 is 12.0 Å². The molecule has 0 saturated carbocycles. The van der Waals surface area contributed by atoms with Gasteiger partial charge in [-0.3, -0.25) is 0 Å². The summed E-state index contributed by atoms with van der Waals surface area (Å²) in [7, 11) is 0. The average Bonchev–Trinajstić information content (AvgIpc) is 2.68. The molecule has 140 valence electrons. The second-order valence-corrected chi connectivity index (χ2v) is 5.98. The summed E-state index contributed by atoms with van der Waals surface area (Å²) in [5.74, 6) is 0.972. The summed E-state index contributed by atoms with van der Waals surface area (Å²) in [6.07, 6.45) is 0.521. The molecule has 0 saturated heterocycles. The van der Waals surface area contributed by atoms with Crippen LogP contribution in [0.2, 0.25) is 0 Å². The van der Waals surface area contributed by atoms with Crippen LogP contribution in [0.25, 0.3) is 0 Å². The lowest BCUT2D eigenvalue weighted by atomic mass is 9.94. The van der Waals surface area contributed by atoms with E-state index in [1.54, 1.807) is 6.92 Å². The van der Waals surface area contributed by atoms with Crippen molar-refractivity contribution in [2.75, 3.05) is 6.61 Å². The van der Waals surface area contributed by atoms with E-state index in [9.17, 15) is 9.59 Å². The number of carbonyl (C=O) groups excluding carboxylic acids is 2. The maximum Gasteiger partial charge on any atom is 0.338 e. The zero-order valence-corrected chi connectivity index (χ0v) is 15.3. The summed E-state index contributed by atoms with van der Waals surface area (Å²) in [6.45, 7) is 3.90. The molecular weight excluding hydrogens is 344 g/mol. The molecule has 0 radical (unpaired) electrons. The van der Waals surface area contributed by atoms with Crippen LogP contribution in [0.1, 0.15) is 31.9 Å². The Labute approximate surface area is 158 Å². The van der Waals surface area contributed by atoms with Crippen LogP contribution in [-0.4, -0.2) is 18.6 Å². The first-order chi connectivity index (χ1) is 13.1. The molecule has 6 nitrogen and oxygen atoms in total. The number of ether oxygens (including phenoxy) is 2. The SMILES string of the molecule is CCOC(=O)C1=C(CC)NC(=O)NC1c1ccc(Oc2ccccc2)cc1. The highest BCUT2D eigenvalue weighted by molar-refractivity contribution is 5.95. The first-order valence-corrected chi connectivity index (χ1v) is 8.93. The molecule has 2 aromatic rings. The zero-order valence-electron chi connectivity index (χ0n) is 15.3. The molecular formula is C21H22N2O4. The molecule has 2 amide bonds. The van der Waals surface area contributed by atoms with Crippen LogP contribution in [0.4, 0.5) is 4.79 Å². The van der Waals surface area contributed by atoms with E-state index in [0.717, 1.165) is 11.3 Å². The molecule has 0 spiro atoms. The monoisotopic (exact) mass is 366 g/mol. The molecule has 1 atom stereocenters. The van der Waals surface area contributed by atoms with Crippen LogP contribution in [-0.2, 0) is 9.53 Å². The number of rotatable bonds is 6. The van der Waals surface area contributed by atoms with Gasteiger partial charge in [-0.05, 0) is 43.2 Å². The van der Waals surface area contributed by atoms with E-state index < -0.39 is 12.0 Å². The Morgan fingerprint density at radius 1 is 1.00 bits per heavy atom. The molecule has 6 heteroatoms. The summed E-state index contributed by atoms with van der Waals surface area (Å²) in [5, 5.41) is 5.51. The second kappa shape index (κ2) is 8.40. The second-order valence-electron chi connectivity index (χ2n) is 5.98. The van der Waals surface area contributed by atoms with Gasteiger partial charge in [0.2, 0.25) is 0 Å². The van der Waals surface area contributed by atoms with Gasteiger partial charge in [0.25, 0.3) is 0 Å². The standard InChI is InChI=1S/C21H22N2O4/c1-3-17-18(20(24)26-4-2)19(23-21(25)22-17)14-10-12-16(13-11-14)27-15-8-6-5-7-9-15/h5-13,19H,3-4H2,1-2H3,(H2,22,23,25). The quantitative estimate of drug-likeness (QED) is 0.756. The molecule has 0 aromatic heterocycles. The van der Waals surface area contributed by atoms with Crippen LogP contribution in [0.15, 0.2) is 65.9 Å². The number of carbonyl (C=O) groups is 2. The van der Waals surface area contributed by atoms with Gasteiger partial charge in [-0.2, -0.15) is 0 Å². The van der Waals surface area contributed by atoms with E-state index in [4.69, 9.17) is 9.47 Å². The molecule has 1 aliphatic rings. The Morgan fingerprint density at radius 2 is 1.67 bits per heavy atom. The lowest BCUT2D eigenvalue weighted by molar-refractivity contribution is -0.139. The van der Waals surface area contributed by atoms with Crippen molar-refractivity contribution < 1.29 is 19.1 Å². The minimum Gasteiger partial charge on any atom is -0.463 e. The highest BCUT2D eigenvalue weighted by Crippen LogP contribution is 2.30. The normalized spacial score (nSPS) is 16.4.